The van der Waals surface area contributed by atoms with Crippen molar-refractivity contribution in [2.75, 3.05) is 5.75 Å². The molecule has 2 rings (SSSR count). The second kappa shape index (κ2) is 8.10. The summed E-state index contributed by atoms with van der Waals surface area (Å²) in [4.78, 5) is 48.0. The number of thioether (sulfide) groups is 1. The largest absolute Gasteiger partial charge is 0.480 e. The summed E-state index contributed by atoms with van der Waals surface area (Å²) >= 11 is 0.988. The monoisotopic (exact) mass is 349 g/mol. The molecule has 1 aromatic rings. The fourth-order valence-electron chi connectivity index (χ4n) is 2.81. The van der Waals surface area contributed by atoms with Crippen LogP contribution >= 0.6 is 11.8 Å². The Hall–Kier alpha value is -2.15. The molecule has 1 aliphatic heterocycles. The summed E-state index contributed by atoms with van der Waals surface area (Å²) in [7, 11) is 0. The summed E-state index contributed by atoms with van der Waals surface area (Å²) in [5, 5.41) is 9.22. The highest BCUT2D eigenvalue weighted by atomic mass is 32.2. The van der Waals surface area contributed by atoms with Gasteiger partial charge in [0.05, 0.1) is 0 Å². The fourth-order valence-corrected chi connectivity index (χ4v) is 3.37. The number of aliphatic carboxylic acids is 1. The van der Waals surface area contributed by atoms with Gasteiger partial charge in [0, 0.05) is 25.0 Å². The maximum absolute atomic E-state index is 12.5. The lowest BCUT2D eigenvalue weighted by Gasteiger charge is -2.19. The van der Waals surface area contributed by atoms with Crippen LogP contribution in [0.3, 0.4) is 0 Å². The van der Waals surface area contributed by atoms with Crippen LogP contribution in [0.5, 0.6) is 0 Å². The van der Waals surface area contributed by atoms with Gasteiger partial charge < -0.3 is 5.11 Å². The lowest BCUT2D eigenvalue weighted by molar-refractivity contribution is -0.154. The van der Waals surface area contributed by atoms with Crippen LogP contribution in [0.2, 0.25) is 0 Å². The van der Waals surface area contributed by atoms with Crippen molar-refractivity contribution in [3.05, 3.63) is 35.9 Å². The molecule has 0 bridgehead atoms. The first-order valence-electron chi connectivity index (χ1n) is 7.66. The first-order valence-corrected chi connectivity index (χ1v) is 8.64. The Morgan fingerprint density at radius 3 is 2.50 bits per heavy atom. The van der Waals surface area contributed by atoms with E-state index in [1.807, 2.05) is 30.3 Å². The van der Waals surface area contributed by atoms with Gasteiger partial charge in [0.15, 0.2) is 5.12 Å². The average molecular weight is 349 g/mol. The van der Waals surface area contributed by atoms with Gasteiger partial charge in [-0.05, 0) is 18.4 Å². The highest BCUT2D eigenvalue weighted by molar-refractivity contribution is 8.13. The molecule has 24 heavy (non-hydrogen) atoms. The molecule has 7 heteroatoms. The van der Waals surface area contributed by atoms with Crippen LogP contribution in [0.4, 0.5) is 0 Å². The van der Waals surface area contributed by atoms with Crippen molar-refractivity contribution < 1.29 is 24.3 Å². The molecule has 128 valence electrons. The summed E-state index contributed by atoms with van der Waals surface area (Å²) in [6, 6.07) is 8.19. The molecule has 1 saturated heterocycles. The normalized spacial score (nSPS) is 20.2. The van der Waals surface area contributed by atoms with E-state index in [2.05, 4.69) is 0 Å². The van der Waals surface area contributed by atoms with Crippen LogP contribution < -0.4 is 0 Å². The molecule has 0 spiro atoms. The van der Waals surface area contributed by atoms with Gasteiger partial charge in [-0.25, -0.2) is 4.79 Å². The number of carboxylic acids is 1. The molecule has 1 aromatic carbocycles. The molecule has 1 aliphatic rings. The number of rotatable bonds is 6. The Morgan fingerprint density at radius 1 is 1.25 bits per heavy atom. The van der Waals surface area contributed by atoms with Gasteiger partial charge >= 0.3 is 5.97 Å². The SMILES string of the molecule is CC(=O)SCCC(=O)N1C(=O)[C@H](Cc2ccccc2)C[C@H]1C(=O)O. The van der Waals surface area contributed by atoms with E-state index >= 15 is 0 Å². The quantitative estimate of drug-likeness (QED) is 0.841. The van der Waals surface area contributed by atoms with E-state index in [1.54, 1.807) is 0 Å². The molecule has 6 nitrogen and oxygen atoms in total. The number of likely N-dealkylation sites (tertiary alicyclic amines) is 1. The summed E-state index contributed by atoms with van der Waals surface area (Å²) in [6.07, 6.45) is 0.502. The van der Waals surface area contributed by atoms with Crippen molar-refractivity contribution in [2.45, 2.75) is 32.2 Å². The highest BCUT2D eigenvalue weighted by Crippen LogP contribution is 2.29. The first kappa shape index (κ1) is 18.2. The zero-order valence-electron chi connectivity index (χ0n) is 13.3. The predicted octanol–water partition coefficient (Wildman–Crippen LogP) is 1.73. The van der Waals surface area contributed by atoms with Crippen LogP contribution in [0, 0.1) is 5.92 Å². The number of amides is 2. The minimum Gasteiger partial charge on any atom is -0.480 e. The molecule has 2 atom stereocenters. The van der Waals surface area contributed by atoms with E-state index in [1.165, 1.54) is 6.92 Å². The molecule has 0 saturated carbocycles. The standard InChI is InChI=1S/C17H19NO5S/c1-11(19)24-8-7-15(20)18-14(17(22)23)10-13(16(18)21)9-12-5-3-2-4-6-12/h2-6,13-14H,7-10H2,1H3,(H,22,23)/t13-,14+/m1/s1. The number of carbonyl (C=O) groups excluding carboxylic acids is 3. The van der Waals surface area contributed by atoms with Gasteiger partial charge in [-0.2, -0.15) is 0 Å². The van der Waals surface area contributed by atoms with E-state index in [9.17, 15) is 24.3 Å². The fraction of sp³-hybridized carbons (Fsp3) is 0.412. The number of benzene rings is 1. The van der Waals surface area contributed by atoms with Gasteiger partial charge in [0.25, 0.3) is 0 Å². The number of nitrogens with zero attached hydrogens (tertiary/aromatic N) is 1. The maximum Gasteiger partial charge on any atom is 0.326 e. The molecule has 1 fully saturated rings. The summed E-state index contributed by atoms with van der Waals surface area (Å²) < 4.78 is 0. The number of hydrogen-bond acceptors (Lipinski definition) is 5. The minimum absolute atomic E-state index is 0.0299. The molecule has 0 aromatic heterocycles. The first-order chi connectivity index (χ1) is 11.4. The number of imide groups is 1. The lowest BCUT2D eigenvalue weighted by Crippen LogP contribution is -2.43. The molecule has 0 radical (unpaired) electrons. The highest BCUT2D eigenvalue weighted by Gasteiger charge is 2.46. The average Bonchev–Trinajstić information content (AvgIpc) is 2.85. The van der Waals surface area contributed by atoms with Crippen LogP contribution in [-0.4, -0.2) is 44.7 Å². The number of carboxylic acid groups (broad SMARTS) is 1. The topological polar surface area (TPSA) is 91.8 Å². The molecular formula is C17H19NO5S. The van der Waals surface area contributed by atoms with Gasteiger partial charge in [0.2, 0.25) is 11.8 Å². The van der Waals surface area contributed by atoms with Crippen molar-refractivity contribution in [1.29, 1.82) is 0 Å². The summed E-state index contributed by atoms with van der Waals surface area (Å²) in [5.41, 5.74) is 0.932. The van der Waals surface area contributed by atoms with Gasteiger partial charge in [-0.1, -0.05) is 42.1 Å². The molecule has 1 heterocycles. The second-order valence-electron chi connectivity index (χ2n) is 5.67. The van der Waals surface area contributed by atoms with Crippen molar-refractivity contribution >= 4 is 34.7 Å². The van der Waals surface area contributed by atoms with E-state index in [0.29, 0.717) is 6.42 Å². The molecule has 0 aliphatic carbocycles. The Kier molecular flexibility index (Phi) is 6.14. The van der Waals surface area contributed by atoms with Crippen LogP contribution in [0.1, 0.15) is 25.3 Å². The van der Waals surface area contributed by atoms with E-state index in [-0.39, 0.29) is 23.7 Å². The number of carbonyl (C=O) groups is 4. The molecule has 0 unspecified atom stereocenters. The van der Waals surface area contributed by atoms with Gasteiger partial charge in [0.1, 0.15) is 6.04 Å². The maximum atomic E-state index is 12.5. The van der Waals surface area contributed by atoms with Crippen molar-refractivity contribution in [2.24, 2.45) is 5.92 Å². The molecule has 1 N–H and O–H groups in total. The Balaban J connectivity index is 2.08. The second-order valence-corrected chi connectivity index (χ2v) is 6.94. The third kappa shape index (κ3) is 4.44. The van der Waals surface area contributed by atoms with Crippen LogP contribution in [-0.2, 0) is 25.6 Å². The van der Waals surface area contributed by atoms with Gasteiger partial charge in [-0.3, -0.25) is 19.3 Å². The van der Waals surface area contributed by atoms with E-state index in [4.69, 9.17) is 0 Å². The summed E-state index contributed by atoms with van der Waals surface area (Å²) in [5.74, 6) is -2.42. The minimum atomic E-state index is -1.17. The third-order valence-corrected chi connectivity index (χ3v) is 4.72. The number of hydrogen-bond donors (Lipinski definition) is 1. The third-order valence-electron chi connectivity index (χ3n) is 3.91. The summed E-state index contributed by atoms with van der Waals surface area (Å²) in [6.45, 7) is 1.39. The zero-order chi connectivity index (χ0) is 17.7. The van der Waals surface area contributed by atoms with Crippen LogP contribution in [0.15, 0.2) is 30.3 Å². The van der Waals surface area contributed by atoms with Crippen molar-refractivity contribution in [1.82, 2.24) is 4.90 Å². The molecular weight excluding hydrogens is 330 g/mol. The van der Waals surface area contributed by atoms with Crippen molar-refractivity contribution in [3.8, 4) is 0 Å². The van der Waals surface area contributed by atoms with Crippen LogP contribution in [0.25, 0.3) is 0 Å². The Labute approximate surface area is 144 Å². The van der Waals surface area contributed by atoms with E-state index in [0.717, 1.165) is 22.2 Å². The van der Waals surface area contributed by atoms with Gasteiger partial charge in [-0.15, -0.1) is 0 Å². The smallest absolute Gasteiger partial charge is 0.326 e. The zero-order valence-corrected chi connectivity index (χ0v) is 14.1. The Morgan fingerprint density at radius 2 is 1.92 bits per heavy atom. The lowest BCUT2D eigenvalue weighted by atomic mass is 9.96. The molecule has 2 amide bonds. The van der Waals surface area contributed by atoms with Crippen molar-refractivity contribution in [3.63, 3.8) is 0 Å². The predicted molar refractivity (Wildman–Crippen MR) is 89.3 cm³/mol. The van der Waals surface area contributed by atoms with E-state index < -0.39 is 29.7 Å². The Bertz CT molecular complexity index is 646.